The smallest absolute Gasteiger partial charge is 0.311 e. The number of esters is 2. The third-order valence-corrected chi connectivity index (χ3v) is 4.16. The van der Waals surface area contributed by atoms with Crippen molar-refractivity contribution >= 4 is 22.7 Å². The number of hydrogen-bond donors (Lipinski definition) is 0. The molecule has 25 heavy (non-hydrogen) atoms. The normalized spacial score (nSPS) is 12.2. The molecule has 2 rings (SSSR count). The maximum absolute atomic E-state index is 12.0. The monoisotopic (exact) mass is 342 g/mol. The predicted molar refractivity (Wildman–Crippen MR) is 98.4 cm³/mol. The number of carbonyl (C=O) groups is 2. The molecule has 0 saturated heterocycles. The van der Waals surface area contributed by atoms with E-state index in [2.05, 4.69) is 0 Å². The van der Waals surface area contributed by atoms with E-state index in [-0.39, 0.29) is 30.9 Å². The second-order valence-electron chi connectivity index (χ2n) is 6.49. The van der Waals surface area contributed by atoms with Crippen LogP contribution in [0.25, 0.3) is 10.8 Å². The van der Waals surface area contributed by atoms with E-state index in [1.165, 1.54) is 0 Å². The summed E-state index contributed by atoms with van der Waals surface area (Å²) in [5.41, 5.74) is 0. The number of carbonyl (C=O) groups excluding carboxylic acids is 2. The van der Waals surface area contributed by atoms with Crippen LogP contribution in [0.2, 0.25) is 0 Å². The maximum atomic E-state index is 12.0. The summed E-state index contributed by atoms with van der Waals surface area (Å²) in [6.07, 6.45) is 1.59. The van der Waals surface area contributed by atoms with E-state index < -0.39 is 0 Å². The molecule has 0 aliphatic heterocycles. The van der Waals surface area contributed by atoms with Gasteiger partial charge in [0.15, 0.2) is 0 Å². The van der Waals surface area contributed by atoms with Crippen molar-refractivity contribution in [1.29, 1.82) is 0 Å². The van der Waals surface area contributed by atoms with Crippen LogP contribution >= 0.6 is 0 Å². The first-order chi connectivity index (χ1) is 12.0. The molecule has 4 nitrogen and oxygen atoms in total. The van der Waals surface area contributed by atoms with Gasteiger partial charge >= 0.3 is 11.9 Å². The Labute approximate surface area is 149 Å². The lowest BCUT2D eigenvalue weighted by molar-refractivity contribution is -0.151. The fourth-order valence-electron chi connectivity index (χ4n) is 2.75. The van der Waals surface area contributed by atoms with Crippen molar-refractivity contribution in [3.63, 3.8) is 0 Å². The van der Waals surface area contributed by atoms with E-state index in [0.29, 0.717) is 18.1 Å². The van der Waals surface area contributed by atoms with Crippen LogP contribution in [0.4, 0.5) is 0 Å². The third kappa shape index (κ3) is 5.59. The lowest BCUT2D eigenvalue weighted by Crippen LogP contribution is -2.22. The van der Waals surface area contributed by atoms with E-state index in [1.54, 1.807) is 6.07 Å². The largest absolute Gasteiger partial charge is 0.462 e. The van der Waals surface area contributed by atoms with E-state index in [0.717, 1.165) is 17.2 Å². The molecule has 0 fully saturated rings. The summed E-state index contributed by atoms with van der Waals surface area (Å²) < 4.78 is 10.9. The number of ether oxygens (including phenoxy) is 2. The molecular weight excluding hydrogens is 316 g/mol. The van der Waals surface area contributed by atoms with Crippen LogP contribution in [0.5, 0.6) is 5.75 Å². The summed E-state index contributed by atoms with van der Waals surface area (Å²) in [6.45, 7) is 6.06. The zero-order valence-electron chi connectivity index (χ0n) is 15.2. The molecule has 1 atom stereocenters. The summed E-state index contributed by atoms with van der Waals surface area (Å²) in [5, 5.41) is 1.93. The van der Waals surface area contributed by atoms with Gasteiger partial charge in [-0.15, -0.1) is 0 Å². The lowest BCUT2D eigenvalue weighted by Gasteiger charge is -2.19. The Kier molecular flexibility index (Phi) is 6.99. The molecule has 0 aliphatic rings. The van der Waals surface area contributed by atoms with Gasteiger partial charge in [-0.2, -0.15) is 0 Å². The fourth-order valence-corrected chi connectivity index (χ4v) is 2.75. The molecule has 0 saturated carbocycles. The van der Waals surface area contributed by atoms with Crippen LogP contribution in [0.1, 0.15) is 46.5 Å². The second-order valence-corrected chi connectivity index (χ2v) is 6.49. The number of fused-ring (bicyclic) bond motifs is 1. The molecule has 0 aromatic heterocycles. The van der Waals surface area contributed by atoms with Gasteiger partial charge in [0.1, 0.15) is 11.9 Å². The Morgan fingerprint density at radius 3 is 2.36 bits per heavy atom. The zero-order chi connectivity index (χ0) is 18.2. The molecule has 0 radical (unpaired) electrons. The standard InChI is InChI=1S/C21H26O4/c1-4-18(15(2)3)24-20(22)13-8-14-21(23)25-19-12-7-10-16-9-5-6-11-17(16)19/h5-7,9-12,15,18H,4,8,13-14H2,1-3H3. The number of hydrogen-bond acceptors (Lipinski definition) is 4. The molecule has 0 N–H and O–H groups in total. The molecule has 0 amide bonds. The molecule has 2 aromatic carbocycles. The minimum atomic E-state index is -0.333. The van der Waals surface area contributed by atoms with Crippen molar-refractivity contribution in [3.05, 3.63) is 42.5 Å². The average Bonchev–Trinajstić information content (AvgIpc) is 2.59. The van der Waals surface area contributed by atoms with Crippen LogP contribution in [0, 0.1) is 5.92 Å². The van der Waals surface area contributed by atoms with Crippen LogP contribution in [0.3, 0.4) is 0 Å². The molecule has 134 valence electrons. The molecule has 1 unspecified atom stereocenters. The van der Waals surface area contributed by atoms with Crippen molar-refractivity contribution in [2.45, 2.75) is 52.6 Å². The van der Waals surface area contributed by atoms with Crippen LogP contribution in [0.15, 0.2) is 42.5 Å². The number of benzene rings is 2. The number of rotatable bonds is 8. The molecule has 0 heterocycles. The van der Waals surface area contributed by atoms with Gasteiger partial charge in [-0.3, -0.25) is 9.59 Å². The van der Waals surface area contributed by atoms with Crippen molar-refractivity contribution in [1.82, 2.24) is 0 Å². The first kappa shape index (κ1) is 19.0. The summed E-state index contributed by atoms with van der Waals surface area (Å²) in [4.78, 5) is 23.9. The van der Waals surface area contributed by atoms with E-state index in [4.69, 9.17) is 9.47 Å². The Morgan fingerprint density at radius 1 is 0.960 bits per heavy atom. The van der Waals surface area contributed by atoms with Gasteiger partial charge < -0.3 is 9.47 Å². The topological polar surface area (TPSA) is 52.6 Å². The van der Waals surface area contributed by atoms with Crippen LogP contribution < -0.4 is 4.74 Å². The molecule has 0 aliphatic carbocycles. The summed E-state index contributed by atoms with van der Waals surface area (Å²) in [7, 11) is 0. The maximum Gasteiger partial charge on any atom is 0.311 e. The lowest BCUT2D eigenvalue weighted by atomic mass is 10.1. The van der Waals surface area contributed by atoms with Gasteiger partial charge in [0.05, 0.1) is 0 Å². The highest BCUT2D eigenvalue weighted by Gasteiger charge is 2.16. The fraction of sp³-hybridized carbons (Fsp3) is 0.429. The highest BCUT2D eigenvalue weighted by Crippen LogP contribution is 2.25. The Hall–Kier alpha value is -2.36. The Balaban J connectivity index is 1.82. The van der Waals surface area contributed by atoms with Crippen molar-refractivity contribution < 1.29 is 19.1 Å². The van der Waals surface area contributed by atoms with E-state index in [9.17, 15) is 9.59 Å². The van der Waals surface area contributed by atoms with E-state index >= 15 is 0 Å². The van der Waals surface area contributed by atoms with Crippen LogP contribution in [-0.2, 0) is 14.3 Å². The molecule has 2 aromatic rings. The van der Waals surface area contributed by atoms with Gasteiger partial charge in [-0.1, -0.05) is 57.2 Å². The van der Waals surface area contributed by atoms with Crippen molar-refractivity contribution in [3.8, 4) is 5.75 Å². The second kappa shape index (κ2) is 9.21. The first-order valence-corrected chi connectivity index (χ1v) is 8.89. The molecule has 4 heteroatoms. The summed E-state index contributed by atoms with van der Waals surface area (Å²) in [6, 6.07) is 13.4. The average molecular weight is 342 g/mol. The van der Waals surface area contributed by atoms with E-state index in [1.807, 2.05) is 57.2 Å². The molecule has 0 spiro atoms. The summed E-state index contributed by atoms with van der Waals surface area (Å²) in [5.74, 6) is 0.264. The van der Waals surface area contributed by atoms with Gasteiger partial charge in [0.25, 0.3) is 0 Å². The Bertz CT molecular complexity index is 715. The van der Waals surface area contributed by atoms with Crippen molar-refractivity contribution in [2.24, 2.45) is 5.92 Å². The van der Waals surface area contributed by atoms with Gasteiger partial charge in [0.2, 0.25) is 0 Å². The van der Waals surface area contributed by atoms with Gasteiger partial charge in [0, 0.05) is 18.2 Å². The van der Waals surface area contributed by atoms with Gasteiger partial charge in [-0.25, -0.2) is 0 Å². The highest BCUT2D eigenvalue weighted by molar-refractivity contribution is 5.90. The first-order valence-electron chi connectivity index (χ1n) is 8.89. The zero-order valence-corrected chi connectivity index (χ0v) is 15.2. The Morgan fingerprint density at radius 2 is 1.64 bits per heavy atom. The van der Waals surface area contributed by atoms with Gasteiger partial charge in [-0.05, 0) is 30.2 Å². The summed E-state index contributed by atoms with van der Waals surface area (Å²) >= 11 is 0. The minimum absolute atomic E-state index is 0.0601. The SMILES string of the molecule is CCC(OC(=O)CCCC(=O)Oc1cccc2ccccc12)C(C)C. The highest BCUT2D eigenvalue weighted by atomic mass is 16.5. The van der Waals surface area contributed by atoms with Crippen LogP contribution in [-0.4, -0.2) is 18.0 Å². The quantitative estimate of drug-likeness (QED) is 0.506. The molecular formula is C21H26O4. The predicted octanol–water partition coefficient (Wildman–Crippen LogP) is 4.89. The van der Waals surface area contributed by atoms with Crippen molar-refractivity contribution in [2.75, 3.05) is 0 Å². The third-order valence-electron chi connectivity index (χ3n) is 4.16. The minimum Gasteiger partial charge on any atom is -0.462 e. The molecule has 0 bridgehead atoms.